The number of hydrazine groups is 1. The lowest BCUT2D eigenvalue weighted by molar-refractivity contribution is -0.0474. The van der Waals surface area contributed by atoms with E-state index in [0.717, 1.165) is 26.2 Å². The van der Waals surface area contributed by atoms with E-state index in [4.69, 9.17) is 0 Å². The molecule has 2 saturated heterocycles. The molecule has 3 nitrogen and oxygen atoms in total. The number of rotatable bonds is 1. The molecule has 0 spiro atoms. The molecule has 2 fully saturated rings. The van der Waals surface area contributed by atoms with Crippen LogP contribution in [-0.2, 0) is 0 Å². The minimum Gasteiger partial charge on any atom is -0.242 e. The highest BCUT2D eigenvalue weighted by atomic mass is 15.6. The van der Waals surface area contributed by atoms with Gasteiger partial charge in [0.2, 0.25) is 0 Å². The van der Waals surface area contributed by atoms with Crippen molar-refractivity contribution in [1.29, 1.82) is 0 Å². The first-order chi connectivity index (χ1) is 5.97. The van der Waals surface area contributed by atoms with Crippen molar-refractivity contribution >= 4 is 0 Å². The van der Waals surface area contributed by atoms with Gasteiger partial charge in [0, 0.05) is 39.3 Å². The Morgan fingerprint density at radius 2 is 1.25 bits per heavy atom. The lowest BCUT2D eigenvalue weighted by Crippen LogP contribution is -2.52. The monoisotopic (exact) mass is 168 g/mol. The highest BCUT2D eigenvalue weighted by molar-refractivity contribution is 4.69. The largest absolute Gasteiger partial charge is 0.242 e. The summed E-state index contributed by atoms with van der Waals surface area (Å²) in [4.78, 5) is 0. The van der Waals surface area contributed by atoms with Gasteiger partial charge in [0.05, 0.1) is 0 Å². The molecule has 2 aliphatic rings. The summed E-state index contributed by atoms with van der Waals surface area (Å²) in [6.07, 6.45) is 4.19. The molecule has 1 radical (unpaired) electrons. The predicted molar refractivity (Wildman–Crippen MR) is 48.9 cm³/mol. The second-order valence-corrected chi connectivity index (χ2v) is 3.64. The molecule has 0 unspecified atom stereocenters. The molecule has 2 rings (SSSR count). The van der Waals surface area contributed by atoms with E-state index in [1.165, 1.54) is 32.4 Å². The van der Waals surface area contributed by atoms with Crippen LogP contribution in [0.2, 0.25) is 0 Å². The molecule has 0 N–H and O–H groups in total. The third-order valence-electron chi connectivity index (χ3n) is 2.76. The van der Waals surface area contributed by atoms with Crippen LogP contribution < -0.4 is 5.32 Å². The maximum Gasteiger partial charge on any atom is 0.0275 e. The van der Waals surface area contributed by atoms with Crippen molar-refractivity contribution in [2.75, 3.05) is 39.3 Å². The van der Waals surface area contributed by atoms with Crippen molar-refractivity contribution in [2.24, 2.45) is 0 Å². The molecule has 0 aromatic rings. The first-order valence-corrected chi connectivity index (χ1v) is 5.10. The summed E-state index contributed by atoms with van der Waals surface area (Å²) in [6, 6.07) is 0. The minimum absolute atomic E-state index is 1.04. The standard InChI is InChI=1S/C9H18N3/c1-2-6-11(7-3-1)12-8-4-10-5-9-12/h1-9H2. The Morgan fingerprint density at radius 3 is 1.92 bits per heavy atom. The first-order valence-electron chi connectivity index (χ1n) is 5.10. The molecule has 12 heavy (non-hydrogen) atoms. The number of nitrogens with zero attached hydrogens (tertiary/aromatic N) is 3. The topological polar surface area (TPSA) is 20.6 Å². The minimum atomic E-state index is 1.04. The van der Waals surface area contributed by atoms with Crippen molar-refractivity contribution in [3.63, 3.8) is 0 Å². The summed E-state index contributed by atoms with van der Waals surface area (Å²) in [5.41, 5.74) is 0. The molecule has 0 saturated carbocycles. The Kier molecular flexibility index (Phi) is 2.98. The van der Waals surface area contributed by atoms with Gasteiger partial charge in [-0.05, 0) is 12.8 Å². The zero-order chi connectivity index (χ0) is 8.23. The van der Waals surface area contributed by atoms with Crippen LogP contribution >= 0.6 is 0 Å². The van der Waals surface area contributed by atoms with E-state index in [0.29, 0.717) is 0 Å². The van der Waals surface area contributed by atoms with Gasteiger partial charge < -0.3 is 0 Å². The van der Waals surface area contributed by atoms with Gasteiger partial charge >= 0.3 is 0 Å². The number of piperazine rings is 1. The zero-order valence-electron chi connectivity index (χ0n) is 7.71. The highest BCUT2D eigenvalue weighted by Gasteiger charge is 2.19. The molecule has 0 aliphatic carbocycles. The van der Waals surface area contributed by atoms with Crippen molar-refractivity contribution in [2.45, 2.75) is 19.3 Å². The van der Waals surface area contributed by atoms with Crippen molar-refractivity contribution in [1.82, 2.24) is 15.3 Å². The van der Waals surface area contributed by atoms with Crippen LogP contribution in [0.1, 0.15) is 19.3 Å². The van der Waals surface area contributed by atoms with Crippen LogP contribution in [0.4, 0.5) is 0 Å². The fourth-order valence-corrected chi connectivity index (χ4v) is 2.04. The van der Waals surface area contributed by atoms with Gasteiger partial charge in [-0.2, -0.15) is 0 Å². The lowest BCUT2D eigenvalue weighted by Gasteiger charge is -2.39. The predicted octanol–water partition coefficient (Wildman–Crippen LogP) is 0.307. The Morgan fingerprint density at radius 1 is 0.667 bits per heavy atom. The van der Waals surface area contributed by atoms with Crippen molar-refractivity contribution in [3.8, 4) is 0 Å². The fourth-order valence-electron chi connectivity index (χ4n) is 2.04. The second kappa shape index (κ2) is 4.21. The van der Waals surface area contributed by atoms with Gasteiger partial charge in [0.1, 0.15) is 0 Å². The first kappa shape index (κ1) is 8.48. The molecule has 0 atom stereocenters. The zero-order valence-corrected chi connectivity index (χ0v) is 7.71. The molecule has 2 aliphatic heterocycles. The molecule has 3 heteroatoms. The summed E-state index contributed by atoms with van der Waals surface area (Å²) in [6.45, 7) is 6.94. The van der Waals surface area contributed by atoms with Gasteiger partial charge in [0.25, 0.3) is 0 Å². The van der Waals surface area contributed by atoms with Gasteiger partial charge in [-0.25, -0.2) is 15.3 Å². The van der Waals surface area contributed by atoms with E-state index in [9.17, 15) is 0 Å². The van der Waals surface area contributed by atoms with Crippen LogP contribution in [0.25, 0.3) is 0 Å². The van der Waals surface area contributed by atoms with Crippen LogP contribution in [0, 0.1) is 0 Å². The normalized spacial score (nSPS) is 29.0. The molecule has 0 amide bonds. The third-order valence-corrected chi connectivity index (χ3v) is 2.76. The highest BCUT2D eigenvalue weighted by Crippen LogP contribution is 2.11. The number of hydrogen-bond donors (Lipinski definition) is 0. The van der Waals surface area contributed by atoms with Crippen LogP contribution in [-0.4, -0.2) is 49.3 Å². The Hall–Kier alpha value is -0.120. The molecule has 69 valence electrons. The summed E-state index contributed by atoms with van der Waals surface area (Å²) in [5, 5.41) is 9.37. The van der Waals surface area contributed by atoms with Gasteiger partial charge in [-0.1, -0.05) is 6.42 Å². The van der Waals surface area contributed by atoms with Gasteiger partial charge in [0.15, 0.2) is 0 Å². The Balaban J connectivity index is 1.80. The Bertz CT molecular complexity index is 110. The molecular formula is C9H18N3. The average molecular weight is 168 g/mol. The van der Waals surface area contributed by atoms with E-state index in [-0.39, 0.29) is 0 Å². The fraction of sp³-hybridized carbons (Fsp3) is 1.00. The lowest BCUT2D eigenvalue weighted by atomic mass is 10.2. The third kappa shape index (κ3) is 1.97. The smallest absolute Gasteiger partial charge is 0.0275 e. The Labute approximate surface area is 74.7 Å². The van der Waals surface area contributed by atoms with E-state index < -0.39 is 0 Å². The van der Waals surface area contributed by atoms with Gasteiger partial charge in [-0.3, -0.25) is 0 Å². The van der Waals surface area contributed by atoms with Crippen molar-refractivity contribution < 1.29 is 0 Å². The molecule has 0 bridgehead atoms. The maximum atomic E-state index is 4.35. The van der Waals surface area contributed by atoms with Crippen LogP contribution in [0.15, 0.2) is 0 Å². The summed E-state index contributed by atoms with van der Waals surface area (Å²) >= 11 is 0. The SMILES string of the molecule is C1CCN(N2CC[N]CC2)CC1. The molecular weight excluding hydrogens is 150 g/mol. The van der Waals surface area contributed by atoms with Gasteiger partial charge in [-0.15, -0.1) is 0 Å². The van der Waals surface area contributed by atoms with Crippen LogP contribution in [0.5, 0.6) is 0 Å². The maximum absolute atomic E-state index is 4.35. The van der Waals surface area contributed by atoms with E-state index in [2.05, 4.69) is 15.3 Å². The summed E-state index contributed by atoms with van der Waals surface area (Å²) in [5.74, 6) is 0. The quantitative estimate of drug-likeness (QED) is 0.561. The average Bonchev–Trinajstić information content (AvgIpc) is 2.21. The van der Waals surface area contributed by atoms with Crippen LogP contribution in [0.3, 0.4) is 0 Å². The summed E-state index contributed by atoms with van der Waals surface area (Å²) < 4.78 is 0. The molecule has 0 aromatic heterocycles. The van der Waals surface area contributed by atoms with Crippen molar-refractivity contribution in [3.05, 3.63) is 0 Å². The van der Waals surface area contributed by atoms with E-state index in [1.54, 1.807) is 0 Å². The van der Waals surface area contributed by atoms with E-state index in [1.807, 2.05) is 0 Å². The summed E-state index contributed by atoms with van der Waals surface area (Å²) in [7, 11) is 0. The number of hydrogen-bond acceptors (Lipinski definition) is 2. The molecule has 0 aromatic carbocycles. The number of piperidine rings is 1. The van der Waals surface area contributed by atoms with E-state index >= 15 is 0 Å². The second-order valence-electron chi connectivity index (χ2n) is 3.64. The molecule has 2 heterocycles.